The fourth-order valence-corrected chi connectivity index (χ4v) is 2.21. The fraction of sp³-hybridized carbons (Fsp3) is 0.0500. The summed E-state index contributed by atoms with van der Waals surface area (Å²) in [6.45, 7) is 0.347. The smallest absolute Gasteiger partial charge is 0.142 e. The van der Waals surface area contributed by atoms with Crippen LogP contribution in [0.2, 0.25) is 0 Å². The highest BCUT2D eigenvalue weighted by molar-refractivity contribution is 5.79. The number of halogens is 1. The minimum atomic E-state index is -0.313. The first kappa shape index (κ1) is 15.0. The average molecular weight is 305 g/mol. The Bertz CT molecular complexity index is 782. The molecule has 0 unspecified atom stereocenters. The van der Waals surface area contributed by atoms with Crippen molar-refractivity contribution < 1.29 is 9.23 Å². The summed E-state index contributed by atoms with van der Waals surface area (Å²) in [4.78, 5) is 5.23. The molecule has 3 aromatic rings. The molecule has 23 heavy (non-hydrogen) atoms. The van der Waals surface area contributed by atoms with E-state index in [9.17, 15) is 4.39 Å². The zero-order valence-corrected chi connectivity index (χ0v) is 12.5. The predicted molar refractivity (Wildman–Crippen MR) is 90.7 cm³/mol. The van der Waals surface area contributed by atoms with Crippen LogP contribution in [0.4, 0.5) is 4.39 Å². The van der Waals surface area contributed by atoms with E-state index in [4.69, 9.17) is 4.84 Å². The summed E-state index contributed by atoms with van der Waals surface area (Å²) in [5, 5.41) is 3.81. The summed E-state index contributed by atoms with van der Waals surface area (Å²) >= 11 is 0. The van der Waals surface area contributed by atoms with Crippen LogP contribution in [0.1, 0.15) is 11.1 Å². The lowest BCUT2D eigenvalue weighted by Crippen LogP contribution is -1.90. The molecule has 0 spiro atoms. The fourth-order valence-electron chi connectivity index (χ4n) is 2.21. The van der Waals surface area contributed by atoms with Gasteiger partial charge < -0.3 is 4.84 Å². The van der Waals surface area contributed by atoms with Crippen molar-refractivity contribution in [1.29, 1.82) is 0 Å². The normalized spacial score (nSPS) is 10.8. The molecule has 3 rings (SSSR count). The molecule has 0 N–H and O–H groups in total. The van der Waals surface area contributed by atoms with Crippen LogP contribution < -0.4 is 0 Å². The number of nitrogens with zero attached hydrogens (tertiary/aromatic N) is 1. The van der Waals surface area contributed by atoms with Crippen molar-refractivity contribution in [3.05, 3.63) is 95.8 Å². The van der Waals surface area contributed by atoms with Crippen molar-refractivity contribution in [1.82, 2.24) is 0 Å². The lowest BCUT2D eigenvalue weighted by atomic mass is 10.0. The number of hydrogen-bond acceptors (Lipinski definition) is 2. The van der Waals surface area contributed by atoms with Gasteiger partial charge >= 0.3 is 0 Å². The summed E-state index contributed by atoms with van der Waals surface area (Å²) in [6.07, 6.45) is 1.38. The van der Waals surface area contributed by atoms with E-state index in [2.05, 4.69) is 29.4 Å². The third kappa shape index (κ3) is 4.04. The Morgan fingerprint density at radius 3 is 2.17 bits per heavy atom. The molecular weight excluding hydrogens is 289 g/mol. The van der Waals surface area contributed by atoms with Gasteiger partial charge in [-0.3, -0.25) is 0 Å². The highest BCUT2D eigenvalue weighted by atomic mass is 19.1. The van der Waals surface area contributed by atoms with Crippen LogP contribution in [-0.2, 0) is 11.4 Å². The second-order valence-corrected chi connectivity index (χ2v) is 5.09. The molecule has 0 radical (unpaired) electrons. The summed E-state index contributed by atoms with van der Waals surface area (Å²) in [5.74, 6) is -0.313. The molecule has 0 atom stereocenters. The maximum absolute atomic E-state index is 13.4. The minimum Gasteiger partial charge on any atom is -0.391 e. The molecule has 3 heteroatoms. The van der Waals surface area contributed by atoms with Gasteiger partial charge in [0.25, 0.3) is 0 Å². The van der Waals surface area contributed by atoms with E-state index in [1.807, 2.05) is 30.3 Å². The van der Waals surface area contributed by atoms with Crippen LogP contribution >= 0.6 is 0 Å². The maximum atomic E-state index is 13.4. The summed E-state index contributed by atoms with van der Waals surface area (Å²) in [7, 11) is 0. The van der Waals surface area contributed by atoms with Crippen molar-refractivity contribution in [2.45, 2.75) is 6.61 Å². The molecule has 0 aromatic heterocycles. The van der Waals surface area contributed by atoms with Gasteiger partial charge in [-0.2, -0.15) is 0 Å². The number of benzene rings is 3. The summed E-state index contributed by atoms with van der Waals surface area (Å²) in [6, 6.07) is 24.7. The molecule has 114 valence electrons. The zero-order valence-electron chi connectivity index (χ0n) is 12.5. The molecule has 0 bridgehead atoms. The number of rotatable bonds is 5. The molecule has 2 nitrogen and oxygen atoms in total. The lowest BCUT2D eigenvalue weighted by Gasteiger charge is -2.04. The molecule has 3 aromatic carbocycles. The largest absolute Gasteiger partial charge is 0.391 e. The molecule has 0 saturated carbocycles. The first-order valence-electron chi connectivity index (χ1n) is 7.37. The van der Waals surface area contributed by atoms with Crippen molar-refractivity contribution in [3.63, 3.8) is 0 Å². The van der Waals surface area contributed by atoms with E-state index < -0.39 is 0 Å². The van der Waals surface area contributed by atoms with Crippen molar-refractivity contribution in [3.8, 4) is 11.1 Å². The van der Waals surface area contributed by atoms with Crippen LogP contribution in [0.5, 0.6) is 0 Å². The molecule has 0 amide bonds. The standard InChI is InChI=1S/C20H16FNO/c21-20-9-5-4-8-19(20)14-22-23-15-16-10-12-18(13-11-16)17-6-2-1-3-7-17/h1-14H,15H2. The van der Waals surface area contributed by atoms with Gasteiger partial charge in [-0.15, -0.1) is 0 Å². The summed E-state index contributed by atoms with van der Waals surface area (Å²) < 4.78 is 13.4. The van der Waals surface area contributed by atoms with Crippen molar-refractivity contribution >= 4 is 6.21 Å². The van der Waals surface area contributed by atoms with Crippen LogP contribution in [0.3, 0.4) is 0 Å². The van der Waals surface area contributed by atoms with Crippen LogP contribution in [-0.4, -0.2) is 6.21 Å². The van der Waals surface area contributed by atoms with E-state index in [0.717, 1.165) is 11.1 Å². The van der Waals surface area contributed by atoms with Gasteiger partial charge in [0.15, 0.2) is 0 Å². The highest BCUT2D eigenvalue weighted by Crippen LogP contribution is 2.19. The molecular formula is C20H16FNO. The first-order chi connectivity index (χ1) is 11.3. The van der Waals surface area contributed by atoms with E-state index in [-0.39, 0.29) is 5.82 Å². The Morgan fingerprint density at radius 1 is 0.783 bits per heavy atom. The second-order valence-electron chi connectivity index (χ2n) is 5.09. The van der Waals surface area contributed by atoms with E-state index in [0.29, 0.717) is 12.2 Å². The molecule has 0 aliphatic rings. The predicted octanol–water partition coefficient (Wildman–Crippen LogP) is 5.04. The number of hydrogen-bond donors (Lipinski definition) is 0. The zero-order chi connectivity index (χ0) is 15.9. The summed E-state index contributed by atoms with van der Waals surface area (Å²) in [5.41, 5.74) is 3.75. The molecule has 0 aliphatic carbocycles. The molecule has 0 fully saturated rings. The quantitative estimate of drug-likeness (QED) is 0.478. The van der Waals surface area contributed by atoms with Gasteiger partial charge in [0.1, 0.15) is 12.4 Å². The Hall–Kier alpha value is -2.94. The van der Waals surface area contributed by atoms with Gasteiger partial charge in [-0.25, -0.2) is 4.39 Å². The van der Waals surface area contributed by atoms with E-state index in [1.165, 1.54) is 17.8 Å². The topological polar surface area (TPSA) is 21.6 Å². The Kier molecular flexibility index (Phi) is 4.79. The second kappa shape index (κ2) is 7.36. The number of oxime groups is 1. The monoisotopic (exact) mass is 305 g/mol. The Morgan fingerprint density at radius 2 is 1.43 bits per heavy atom. The Balaban J connectivity index is 1.58. The SMILES string of the molecule is Fc1ccccc1C=NOCc1ccc(-c2ccccc2)cc1. The van der Waals surface area contributed by atoms with Crippen LogP contribution in [0, 0.1) is 5.82 Å². The minimum absolute atomic E-state index is 0.313. The van der Waals surface area contributed by atoms with Crippen LogP contribution in [0.25, 0.3) is 11.1 Å². The molecule has 0 aliphatic heterocycles. The van der Waals surface area contributed by atoms with Gasteiger partial charge in [0.2, 0.25) is 0 Å². The van der Waals surface area contributed by atoms with Gasteiger partial charge in [0.05, 0.1) is 6.21 Å². The third-order valence-corrected chi connectivity index (χ3v) is 3.46. The van der Waals surface area contributed by atoms with Gasteiger partial charge in [-0.1, -0.05) is 78.0 Å². The van der Waals surface area contributed by atoms with Crippen molar-refractivity contribution in [2.24, 2.45) is 5.16 Å². The van der Waals surface area contributed by atoms with E-state index in [1.54, 1.807) is 18.2 Å². The molecule has 0 heterocycles. The van der Waals surface area contributed by atoms with Gasteiger partial charge in [0, 0.05) is 5.56 Å². The molecule has 0 saturated heterocycles. The van der Waals surface area contributed by atoms with Crippen molar-refractivity contribution in [2.75, 3.05) is 0 Å². The average Bonchev–Trinajstić information content (AvgIpc) is 2.61. The third-order valence-electron chi connectivity index (χ3n) is 3.46. The first-order valence-corrected chi connectivity index (χ1v) is 7.37. The Labute approximate surface area is 134 Å². The van der Waals surface area contributed by atoms with Gasteiger partial charge in [-0.05, 0) is 22.8 Å². The maximum Gasteiger partial charge on any atom is 0.142 e. The van der Waals surface area contributed by atoms with Crippen LogP contribution in [0.15, 0.2) is 84.0 Å². The van der Waals surface area contributed by atoms with E-state index >= 15 is 0 Å². The lowest BCUT2D eigenvalue weighted by molar-refractivity contribution is 0.132. The highest BCUT2D eigenvalue weighted by Gasteiger charge is 1.98.